The predicted octanol–water partition coefficient (Wildman–Crippen LogP) is 1.84. The summed E-state index contributed by atoms with van der Waals surface area (Å²) in [4.78, 5) is 23.9. The third-order valence-corrected chi connectivity index (χ3v) is 6.00. The van der Waals surface area contributed by atoms with Gasteiger partial charge in [-0.2, -0.15) is 0 Å². The Bertz CT molecular complexity index is 538. The number of carbonyl (C=O) groups is 2. The summed E-state index contributed by atoms with van der Waals surface area (Å²) in [6.07, 6.45) is 11.8. The lowest BCUT2D eigenvalue weighted by Gasteiger charge is -2.25. The molecule has 4 bridgehead atoms. The van der Waals surface area contributed by atoms with Crippen molar-refractivity contribution in [1.29, 1.82) is 0 Å². The van der Waals surface area contributed by atoms with Crippen LogP contribution in [0.3, 0.4) is 0 Å². The Morgan fingerprint density at radius 1 is 0.952 bits per heavy atom. The summed E-state index contributed by atoms with van der Waals surface area (Å²) in [5.74, 6) is 0.262. The Morgan fingerprint density at radius 3 is 2.29 bits per heavy atom. The summed E-state index contributed by atoms with van der Waals surface area (Å²) in [7, 11) is 0. The molecule has 1 amide bonds. The molecule has 112 valence electrons. The average Bonchev–Trinajstić information content (AvgIpc) is 3.21. The van der Waals surface area contributed by atoms with Crippen LogP contribution in [0.2, 0.25) is 0 Å². The lowest BCUT2D eigenvalue weighted by molar-refractivity contribution is -0.147. The van der Waals surface area contributed by atoms with E-state index in [2.05, 4.69) is 17.5 Å². The van der Waals surface area contributed by atoms with E-state index in [1.807, 2.05) is 12.2 Å². The molecule has 4 nitrogen and oxygen atoms in total. The molecule has 21 heavy (non-hydrogen) atoms. The van der Waals surface area contributed by atoms with Gasteiger partial charge in [-0.3, -0.25) is 9.59 Å². The van der Waals surface area contributed by atoms with Gasteiger partial charge in [0.1, 0.15) is 0 Å². The third-order valence-electron chi connectivity index (χ3n) is 6.00. The number of rotatable bonds is 4. The van der Waals surface area contributed by atoms with Crippen molar-refractivity contribution in [1.82, 2.24) is 5.32 Å². The Morgan fingerprint density at radius 2 is 1.67 bits per heavy atom. The highest BCUT2D eigenvalue weighted by Gasteiger charge is 2.51. The van der Waals surface area contributed by atoms with Gasteiger partial charge in [0, 0.05) is 6.54 Å². The molecule has 0 radical (unpaired) electrons. The van der Waals surface area contributed by atoms with Crippen molar-refractivity contribution in [2.75, 3.05) is 6.54 Å². The van der Waals surface area contributed by atoms with Gasteiger partial charge in [0.25, 0.3) is 0 Å². The first-order valence-electron chi connectivity index (χ1n) is 8.00. The largest absolute Gasteiger partial charge is 0.481 e. The number of hydrogen-bond acceptors (Lipinski definition) is 2. The topological polar surface area (TPSA) is 66.4 Å². The maximum absolute atomic E-state index is 12.5. The van der Waals surface area contributed by atoms with Gasteiger partial charge in [-0.05, 0) is 48.9 Å². The van der Waals surface area contributed by atoms with Crippen molar-refractivity contribution in [2.45, 2.75) is 19.3 Å². The molecule has 2 fully saturated rings. The quantitative estimate of drug-likeness (QED) is 0.775. The molecule has 4 aliphatic carbocycles. The fourth-order valence-corrected chi connectivity index (χ4v) is 5.00. The first-order valence-corrected chi connectivity index (χ1v) is 8.00. The Labute approximate surface area is 124 Å². The second-order valence-corrected chi connectivity index (χ2v) is 7.12. The maximum atomic E-state index is 12.5. The summed E-state index contributed by atoms with van der Waals surface area (Å²) in [6, 6.07) is 0. The van der Waals surface area contributed by atoms with Crippen LogP contribution in [0.1, 0.15) is 19.3 Å². The van der Waals surface area contributed by atoms with E-state index in [-0.39, 0.29) is 23.7 Å². The van der Waals surface area contributed by atoms with E-state index in [1.54, 1.807) is 0 Å². The molecule has 0 aromatic carbocycles. The highest BCUT2D eigenvalue weighted by molar-refractivity contribution is 5.86. The van der Waals surface area contributed by atoms with Crippen LogP contribution >= 0.6 is 0 Å². The number of carbonyl (C=O) groups excluding carboxylic acids is 1. The predicted molar refractivity (Wildman–Crippen MR) is 77.2 cm³/mol. The van der Waals surface area contributed by atoms with E-state index in [1.165, 1.54) is 12.8 Å². The number of amides is 1. The van der Waals surface area contributed by atoms with Gasteiger partial charge in [0.2, 0.25) is 5.91 Å². The maximum Gasteiger partial charge on any atom is 0.307 e. The number of carboxylic acid groups (broad SMARTS) is 1. The van der Waals surface area contributed by atoms with Crippen LogP contribution in [-0.4, -0.2) is 23.5 Å². The molecule has 4 heteroatoms. The van der Waals surface area contributed by atoms with E-state index < -0.39 is 11.9 Å². The minimum absolute atomic E-state index is 0.0497. The summed E-state index contributed by atoms with van der Waals surface area (Å²) in [6.45, 7) is 0.703. The zero-order valence-corrected chi connectivity index (χ0v) is 11.9. The molecule has 4 rings (SSSR count). The standard InChI is InChI=1S/C17H21NO3/c19-16(18-8-13-6-9-1-2-10(13)5-9)14-11-3-4-12(7-11)15(14)17(20)21/h1-4,9-15H,5-8H2,(H,18,19)(H,20,21)/t9-,10+,11-,12+,13-,14-,15+/m1/s1. The average molecular weight is 287 g/mol. The molecule has 2 saturated carbocycles. The molecule has 0 aliphatic heterocycles. The molecule has 2 N–H and O–H groups in total. The summed E-state index contributed by atoms with van der Waals surface area (Å²) in [5.41, 5.74) is 0. The molecule has 7 atom stereocenters. The molecule has 0 aromatic heterocycles. The minimum atomic E-state index is -0.824. The second-order valence-electron chi connectivity index (χ2n) is 7.12. The number of fused-ring (bicyclic) bond motifs is 4. The second kappa shape index (κ2) is 4.72. The molecule has 0 unspecified atom stereocenters. The monoisotopic (exact) mass is 287 g/mol. The van der Waals surface area contributed by atoms with Gasteiger partial charge < -0.3 is 10.4 Å². The number of allylic oxidation sites excluding steroid dienone is 4. The summed E-state index contributed by atoms with van der Waals surface area (Å²) >= 11 is 0. The van der Waals surface area contributed by atoms with Crippen molar-refractivity contribution >= 4 is 11.9 Å². The van der Waals surface area contributed by atoms with Crippen molar-refractivity contribution in [3.05, 3.63) is 24.3 Å². The van der Waals surface area contributed by atoms with Gasteiger partial charge >= 0.3 is 5.97 Å². The smallest absolute Gasteiger partial charge is 0.307 e. The van der Waals surface area contributed by atoms with Gasteiger partial charge in [0.05, 0.1) is 11.8 Å². The van der Waals surface area contributed by atoms with Crippen molar-refractivity contribution in [2.24, 2.45) is 41.4 Å². The van der Waals surface area contributed by atoms with Crippen LogP contribution in [0, 0.1) is 41.4 Å². The van der Waals surface area contributed by atoms with Crippen LogP contribution in [0.5, 0.6) is 0 Å². The Hall–Kier alpha value is -1.58. The van der Waals surface area contributed by atoms with Crippen LogP contribution in [0.4, 0.5) is 0 Å². The number of hydrogen-bond donors (Lipinski definition) is 2. The molecule has 4 aliphatic rings. The first-order chi connectivity index (χ1) is 10.1. The lowest BCUT2D eigenvalue weighted by atomic mass is 9.82. The van der Waals surface area contributed by atoms with E-state index in [4.69, 9.17) is 0 Å². The van der Waals surface area contributed by atoms with Crippen LogP contribution in [0.25, 0.3) is 0 Å². The van der Waals surface area contributed by atoms with E-state index >= 15 is 0 Å². The van der Waals surface area contributed by atoms with E-state index in [0.717, 1.165) is 6.42 Å². The Kier molecular flexibility index (Phi) is 2.95. The number of aliphatic carboxylic acids is 1. The van der Waals surface area contributed by atoms with Gasteiger partial charge in [0.15, 0.2) is 0 Å². The zero-order valence-electron chi connectivity index (χ0n) is 11.9. The highest BCUT2D eigenvalue weighted by atomic mass is 16.4. The van der Waals surface area contributed by atoms with Gasteiger partial charge in [-0.1, -0.05) is 24.3 Å². The van der Waals surface area contributed by atoms with Crippen LogP contribution < -0.4 is 5.32 Å². The van der Waals surface area contributed by atoms with E-state index in [0.29, 0.717) is 24.3 Å². The fourth-order valence-electron chi connectivity index (χ4n) is 5.00. The normalized spacial score (nSPS) is 45.4. The molecular weight excluding hydrogens is 266 g/mol. The highest BCUT2D eigenvalue weighted by Crippen LogP contribution is 2.48. The SMILES string of the molecule is O=C(O)[C@@H]1[C@H](C(=O)NC[C@H]2C[C@@H]3C=C[C@H]2C3)[C@@H]2C=C[C@H]1C2. The first kappa shape index (κ1) is 13.1. The van der Waals surface area contributed by atoms with Crippen molar-refractivity contribution < 1.29 is 14.7 Å². The Balaban J connectivity index is 1.40. The molecule has 0 spiro atoms. The lowest BCUT2D eigenvalue weighted by Crippen LogP contribution is -2.42. The fraction of sp³-hybridized carbons (Fsp3) is 0.647. The summed E-state index contributed by atoms with van der Waals surface area (Å²) < 4.78 is 0. The zero-order chi connectivity index (χ0) is 14.6. The molecule has 0 saturated heterocycles. The third kappa shape index (κ3) is 2.03. The van der Waals surface area contributed by atoms with Crippen molar-refractivity contribution in [3.63, 3.8) is 0 Å². The number of nitrogens with one attached hydrogen (secondary N) is 1. The summed E-state index contributed by atoms with van der Waals surface area (Å²) in [5, 5.41) is 12.4. The van der Waals surface area contributed by atoms with Gasteiger partial charge in [-0.15, -0.1) is 0 Å². The molecule has 0 heterocycles. The number of carboxylic acids is 1. The molecular formula is C17H21NO3. The molecule has 0 aromatic rings. The van der Waals surface area contributed by atoms with Crippen LogP contribution in [0.15, 0.2) is 24.3 Å². The van der Waals surface area contributed by atoms with Crippen molar-refractivity contribution in [3.8, 4) is 0 Å². The van der Waals surface area contributed by atoms with Crippen LogP contribution in [-0.2, 0) is 9.59 Å². The minimum Gasteiger partial charge on any atom is -0.481 e. The van der Waals surface area contributed by atoms with Gasteiger partial charge in [-0.25, -0.2) is 0 Å². The van der Waals surface area contributed by atoms with E-state index in [9.17, 15) is 14.7 Å².